The first-order valence-electron chi connectivity index (χ1n) is 5.62. The first-order chi connectivity index (χ1) is 9.52. The number of halogens is 4. The van der Waals surface area contributed by atoms with Crippen LogP contribution in [0.4, 0.5) is 18.9 Å². The molecule has 2 aromatic carbocycles. The predicted octanol–water partition coefficient (Wildman–Crippen LogP) is 4.10. The Balaban J connectivity index is 2.34. The van der Waals surface area contributed by atoms with Gasteiger partial charge >= 0.3 is 0 Å². The van der Waals surface area contributed by atoms with Crippen LogP contribution in [0.5, 0.6) is 0 Å². The second-order valence-electron chi connectivity index (χ2n) is 3.99. The van der Waals surface area contributed by atoms with E-state index >= 15 is 0 Å². The summed E-state index contributed by atoms with van der Waals surface area (Å²) in [7, 11) is 0. The summed E-state index contributed by atoms with van der Waals surface area (Å²) in [5.74, 6) is -4.48. The zero-order valence-electron chi connectivity index (χ0n) is 10.1. The van der Waals surface area contributed by atoms with Crippen molar-refractivity contribution in [2.24, 2.45) is 0 Å². The minimum atomic E-state index is -1.26. The molecule has 0 heterocycles. The van der Waals surface area contributed by atoms with Crippen molar-refractivity contribution in [1.29, 1.82) is 0 Å². The molecule has 2 nitrogen and oxygen atoms in total. The molecule has 0 aliphatic heterocycles. The number of rotatable bonds is 3. The Kier molecular flexibility index (Phi) is 4.29. The second kappa shape index (κ2) is 5.96. The number of para-hydroxylation sites is 1. The van der Waals surface area contributed by atoms with Crippen molar-refractivity contribution in [3.63, 3.8) is 0 Å². The van der Waals surface area contributed by atoms with Gasteiger partial charge < -0.3 is 5.32 Å². The number of hydrogen-bond acceptors (Lipinski definition) is 1. The summed E-state index contributed by atoms with van der Waals surface area (Å²) < 4.78 is 39.7. The number of alkyl halides is 1. The number of nitrogens with one attached hydrogen (secondary N) is 1. The fourth-order valence-electron chi connectivity index (χ4n) is 1.70. The van der Waals surface area contributed by atoms with Crippen LogP contribution in [0.3, 0.4) is 0 Å². The molecule has 0 fully saturated rings. The van der Waals surface area contributed by atoms with Crippen molar-refractivity contribution >= 4 is 23.2 Å². The van der Waals surface area contributed by atoms with E-state index in [9.17, 15) is 18.0 Å². The number of carbonyl (C=O) groups excluding carboxylic acids is 1. The van der Waals surface area contributed by atoms with E-state index in [-0.39, 0.29) is 5.88 Å². The van der Waals surface area contributed by atoms with Crippen LogP contribution in [0.15, 0.2) is 36.4 Å². The van der Waals surface area contributed by atoms with Crippen molar-refractivity contribution in [2.45, 2.75) is 5.88 Å². The second-order valence-corrected chi connectivity index (χ2v) is 4.26. The van der Waals surface area contributed by atoms with Crippen molar-refractivity contribution in [3.05, 3.63) is 65.0 Å². The molecule has 20 heavy (non-hydrogen) atoms. The van der Waals surface area contributed by atoms with E-state index in [2.05, 4.69) is 5.32 Å². The standard InChI is InChI=1S/C14H9ClF3NO/c15-7-8-3-1-2-4-12(8)19-14(20)13-10(17)5-9(16)6-11(13)18/h1-6H,7H2,(H,19,20). The molecule has 0 atom stereocenters. The van der Waals surface area contributed by atoms with E-state index in [0.29, 0.717) is 23.4 Å². The Morgan fingerprint density at radius 3 is 2.30 bits per heavy atom. The molecular weight excluding hydrogens is 291 g/mol. The van der Waals surface area contributed by atoms with E-state index in [1.807, 2.05) is 0 Å². The van der Waals surface area contributed by atoms with Gasteiger partial charge in [-0.1, -0.05) is 18.2 Å². The van der Waals surface area contributed by atoms with Crippen LogP contribution in [-0.4, -0.2) is 5.91 Å². The van der Waals surface area contributed by atoms with Gasteiger partial charge in [0.05, 0.1) is 0 Å². The van der Waals surface area contributed by atoms with Crippen LogP contribution in [0.25, 0.3) is 0 Å². The first kappa shape index (κ1) is 14.4. The largest absolute Gasteiger partial charge is 0.322 e. The fourth-order valence-corrected chi connectivity index (χ4v) is 1.94. The minimum Gasteiger partial charge on any atom is -0.322 e. The fraction of sp³-hybridized carbons (Fsp3) is 0.0714. The Morgan fingerprint density at radius 1 is 1.10 bits per heavy atom. The molecule has 6 heteroatoms. The maximum absolute atomic E-state index is 13.5. The van der Waals surface area contributed by atoms with Gasteiger partial charge in [-0.05, 0) is 11.6 Å². The highest BCUT2D eigenvalue weighted by Gasteiger charge is 2.19. The lowest BCUT2D eigenvalue weighted by Gasteiger charge is -2.10. The number of benzene rings is 2. The Labute approximate surface area is 118 Å². The highest BCUT2D eigenvalue weighted by molar-refractivity contribution is 6.17. The maximum atomic E-state index is 13.5. The summed E-state index contributed by atoms with van der Waals surface area (Å²) in [6, 6.07) is 7.47. The lowest BCUT2D eigenvalue weighted by atomic mass is 10.1. The highest BCUT2D eigenvalue weighted by Crippen LogP contribution is 2.20. The molecular formula is C14H9ClF3NO. The minimum absolute atomic E-state index is 0.130. The third-order valence-electron chi connectivity index (χ3n) is 2.64. The zero-order valence-corrected chi connectivity index (χ0v) is 10.8. The van der Waals surface area contributed by atoms with Gasteiger partial charge in [0.25, 0.3) is 5.91 Å². The van der Waals surface area contributed by atoms with Crippen LogP contribution >= 0.6 is 11.6 Å². The Bertz CT molecular complexity index is 638. The quantitative estimate of drug-likeness (QED) is 0.850. The molecule has 0 aliphatic carbocycles. The van der Waals surface area contributed by atoms with E-state index < -0.39 is 28.9 Å². The molecule has 0 saturated carbocycles. The SMILES string of the molecule is O=C(Nc1ccccc1CCl)c1c(F)cc(F)cc1F. The first-order valence-corrected chi connectivity index (χ1v) is 6.16. The Morgan fingerprint density at radius 2 is 1.70 bits per heavy atom. The van der Waals surface area contributed by atoms with Crippen LogP contribution in [0, 0.1) is 17.5 Å². The summed E-state index contributed by atoms with van der Waals surface area (Å²) in [6.45, 7) is 0. The summed E-state index contributed by atoms with van der Waals surface area (Å²) in [5, 5.41) is 2.35. The van der Waals surface area contributed by atoms with Gasteiger partial charge in [-0.15, -0.1) is 11.6 Å². The smallest absolute Gasteiger partial charge is 0.261 e. The molecule has 0 saturated heterocycles. The van der Waals surface area contributed by atoms with Gasteiger partial charge in [-0.25, -0.2) is 13.2 Å². The molecule has 2 aromatic rings. The van der Waals surface area contributed by atoms with E-state index in [4.69, 9.17) is 11.6 Å². The number of carbonyl (C=O) groups is 1. The summed E-state index contributed by atoms with van der Waals surface area (Å²) >= 11 is 5.70. The highest BCUT2D eigenvalue weighted by atomic mass is 35.5. The third kappa shape index (κ3) is 2.93. The summed E-state index contributed by atoms with van der Waals surface area (Å²) in [4.78, 5) is 11.9. The normalized spacial score (nSPS) is 10.4. The molecule has 0 spiro atoms. The third-order valence-corrected chi connectivity index (χ3v) is 2.93. The molecule has 1 N–H and O–H groups in total. The summed E-state index contributed by atoms with van der Waals surface area (Å²) in [6.07, 6.45) is 0. The topological polar surface area (TPSA) is 29.1 Å². The molecule has 104 valence electrons. The lowest BCUT2D eigenvalue weighted by Crippen LogP contribution is -2.17. The molecule has 1 amide bonds. The van der Waals surface area contributed by atoms with Crippen molar-refractivity contribution in [1.82, 2.24) is 0 Å². The van der Waals surface area contributed by atoms with Crippen molar-refractivity contribution in [3.8, 4) is 0 Å². The maximum Gasteiger partial charge on any atom is 0.261 e. The number of anilines is 1. The lowest BCUT2D eigenvalue weighted by molar-refractivity contribution is 0.101. The molecule has 0 radical (unpaired) electrons. The van der Waals surface area contributed by atoms with E-state index in [0.717, 1.165) is 0 Å². The van der Waals surface area contributed by atoms with E-state index in [1.54, 1.807) is 24.3 Å². The van der Waals surface area contributed by atoms with Gasteiger partial charge in [0, 0.05) is 23.7 Å². The zero-order chi connectivity index (χ0) is 14.7. The van der Waals surface area contributed by atoms with Gasteiger partial charge in [0.1, 0.15) is 23.0 Å². The molecule has 2 rings (SSSR count). The average molecular weight is 300 g/mol. The average Bonchev–Trinajstić information content (AvgIpc) is 2.38. The predicted molar refractivity (Wildman–Crippen MR) is 70.3 cm³/mol. The van der Waals surface area contributed by atoms with Crippen LogP contribution < -0.4 is 5.32 Å². The van der Waals surface area contributed by atoms with Gasteiger partial charge in [-0.2, -0.15) is 0 Å². The Hall–Kier alpha value is -2.01. The van der Waals surface area contributed by atoms with Gasteiger partial charge in [0.2, 0.25) is 0 Å². The van der Waals surface area contributed by atoms with E-state index in [1.165, 1.54) is 0 Å². The number of amides is 1. The molecule has 0 aliphatic rings. The monoisotopic (exact) mass is 299 g/mol. The molecule has 0 aromatic heterocycles. The van der Waals surface area contributed by atoms with Gasteiger partial charge in [-0.3, -0.25) is 4.79 Å². The van der Waals surface area contributed by atoms with Crippen LogP contribution in [0.2, 0.25) is 0 Å². The van der Waals surface area contributed by atoms with Crippen LogP contribution in [-0.2, 0) is 5.88 Å². The summed E-state index contributed by atoms with van der Waals surface area (Å²) in [5.41, 5.74) is 0.108. The molecule has 0 unspecified atom stereocenters. The van der Waals surface area contributed by atoms with Crippen LogP contribution in [0.1, 0.15) is 15.9 Å². The van der Waals surface area contributed by atoms with Crippen molar-refractivity contribution < 1.29 is 18.0 Å². The number of hydrogen-bond donors (Lipinski definition) is 1. The van der Waals surface area contributed by atoms with Gasteiger partial charge in [0.15, 0.2) is 0 Å². The molecule has 0 bridgehead atoms. The van der Waals surface area contributed by atoms with Crippen molar-refractivity contribution in [2.75, 3.05) is 5.32 Å².